The maximum atomic E-state index is 13.8. The lowest BCUT2D eigenvalue weighted by molar-refractivity contribution is -0.388. The molecule has 5 nitrogen and oxygen atoms in total. The predicted octanol–water partition coefficient (Wildman–Crippen LogP) is 5.24. The van der Waals surface area contributed by atoms with Crippen molar-refractivity contribution >= 4 is 11.5 Å². The van der Waals surface area contributed by atoms with Gasteiger partial charge in [0.1, 0.15) is 11.4 Å². The summed E-state index contributed by atoms with van der Waals surface area (Å²) in [7, 11) is 0. The maximum Gasteiger partial charge on any atom is 0.422 e. The first-order chi connectivity index (χ1) is 13.7. The smallest absolute Gasteiger partial charge is 0.294 e. The third kappa shape index (κ3) is 4.45. The number of hydrogen-bond acceptors (Lipinski definition) is 4. The van der Waals surface area contributed by atoms with Crippen molar-refractivity contribution in [1.29, 1.82) is 0 Å². The zero-order chi connectivity index (χ0) is 21.2. The van der Waals surface area contributed by atoms with Crippen LogP contribution in [0.1, 0.15) is 21.5 Å². The van der Waals surface area contributed by atoms with Crippen molar-refractivity contribution in [1.82, 2.24) is 4.98 Å². The zero-order valence-corrected chi connectivity index (χ0v) is 14.6. The molecule has 0 bridgehead atoms. The minimum Gasteiger partial charge on any atom is -0.294 e. The summed E-state index contributed by atoms with van der Waals surface area (Å²) in [5.41, 5.74) is -1.76. The van der Waals surface area contributed by atoms with Gasteiger partial charge in [-0.05, 0) is 29.8 Å². The van der Waals surface area contributed by atoms with Gasteiger partial charge < -0.3 is 0 Å². The number of carbonyl (C=O) groups is 1. The molecule has 0 spiro atoms. The highest BCUT2D eigenvalue weighted by molar-refractivity contribution is 5.98. The van der Waals surface area contributed by atoms with E-state index in [1.165, 1.54) is 30.5 Å². The van der Waals surface area contributed by atoms with Crippen molar-refractivity contribution in [3.05, 3.63) is 93.4 Å². The van der Waals surface area contributed by atoms with Gasteiger partial charge >= 0.3 is 6.18 Å². The fourth-order valence-electron chi connectivity index (χ4n) is 2.74. The van der Waals surface area contributed by atoms with Crippen molar-refractivity contribution in [2.45, 2.75) is 12.6 Å². The molecule has 1 aromatic heterocycles. The van der Waals surface area contributed by atoms with Crippen LogP contribution in [0.2, 0.25) is 0 Å². The van der Waals surface area contributed by atoms with Crippen LogP contribution in [0, 0.1) is 15.9 Å². The van der Waals surface area contributed by atoms with Gasteiger partial charge in [-0.1, -0.05) is 24.3 Å². The standard InChI is InChI=1S/C20H12F4N2O3/c21-16-4-2-1-3-14(16)17-8-5-12(11-25-17)9-19(27)13-6-7-15(20(22,23)24)18(10-13)26(28)29/h1-8,10-11H,9H2. The highest BCUT2D eigenvalue weighted by Gasteiger charge is 2.38. The molecule has 0 radical (unpaired) electrons. The number of ketones is 1. The normalized spacial score (nSPS) is 11.3. The number of rotatable bonds is 5. The van der Waals surface area contributed by atoms with Crippen LogP contribution in [0.25, 0.3) is 11.3 Å². The zero-order valence-electron chi connectivity index (χ0n) is 14.6. The maximum absolute atomic E-state index is 13.8. The summed E-state index contributed by atoms with van der Waals surface area (Å²) in [6, 6.07) is 11.1. The second-order valence-electron chi connectivity index (χ2n) is 6.12. The van der Waals surface area contributed by atoms with E-state index in [0.717, 1.165) is 6.07 Å². The van der Waals surface area contributed by atoms with E-state index in [9.17, 15) is 32.5 Å². The summed E-state index contributed by atoms with van der Waals surface area (Å²) in [5.74, 6) is -1.07. The molecule has 29 heavy (non-hydrogen) atoms. The number of pyridine rings is 1. The summed E-state index contributed by atoms with van der Waals surface area (Å²) in [5, 5.41) is 11.0. The van der Waals surface area contributed by atoms with Crippen LogP contribution in [0.5, 0.6) is 0 Å². The summed E-state index contributed by atoms with van der Waals surface area (Å²) in [6.07, 6.45) is -3.79. The molecule has 0 atom stereocenters. The van der Waals surface area contributed by atoms with E-state index >= 15 is 0 Å². The Morgan fingerprint density at radius 1 is 1.07 bits per heavy atom. The number of halogens is 4. The first-order valence-electron chi connectivity index (χ1n) is 8.25. The monoisotopic (exact) mass is 404 g/mol. The molecule has 0 unspecified atom stereocenters. The average Bonchev–Trinajstić information content (AvgIpc) is 2.68. The second kappa shape index (κ2) is 7.78. The topological polar surface area (TPSA) is 73.1 Å². The van der Waals surface area contributed by atoms with Crippen molar-refractivity contribution in [2.75, 3.05) is 0 Å². The van der Waals surface area contributed by atoms with Gasteiger partial charge in [0.25, 0.3) is 5.69 Å². The number of aromatic nitrogens is 1. The number of benzene rings is 2. The van der Waals surface area contributed by atoms with E-state index in [1.807, 2.05) is 0 Å². The lowest BCUT2D eigenvalue weighted by atomic mass is 10.0. The van der Waals surface area contributed by atoms with E-state index < -0.39 is 34.0 Å². The average molecular weight is 404 g/mol. The number of nitro groups is 1. The van der Waals surface area contributed by atoms with Crippen LogP contribution in [0.4, 0.5) is 23.2 Å². The number of nitro benzene ring substituents is 1. The van der Waals surface area contributed by atoms with Gasteiger partial charge in [0, 0.05) is 29.8 Å². The highest BCUT2D eigenvalue weighted by Crippen LogP contribution is 2.36. The Morgan fingerprint density at radius 2 is 1.79 bits per heavy atom. The molecule has 0 N–H and O–H groups in total. The van der Waals surface area contributed by atoms with Crippen molar-refractivity contribution in [2.24, 2.45) is 0 Å². The second-order valence-corrected chi connectivity index (χ2v) is 6.12. The fraction of sp³-hybridized carbons (Fsp3) is 0.100. The molecule has 0 saturated carbocycles. The molecule has 0 saturated heterocycles. The summed E-state index contributed by atoms with van der Waals surface area (Å²) >= 11 is 0. The summed E-state index contributed by atoms with van der Waals surface area (Å²) in [4.78, 5) is 26.2. The van der Waals surface area contributed by atoms with Crippen molar-refractivity contribution < 1.29 is 27.3 Å². The van der Waals surface area contributed by atoms with Crippen molar-refractivity contribution in [3.8, 4) is 11.3 Å². The quantitative estimate of drug-likeness (QED) is 0.252. The van der Waals surface area contributed by atoms with Gasteiger partial charge in [0.15, 0.2) is 5.78 Å². The third-order valence-corrected chi connectivity index (χ3v) is 4.16. The minimum atomic E-state index is -4.91. The van der Waals surface area contributed by atoms with Gasteiger partial charge in [-0.3, -0.25) is 19.9 Å². The fourth-order valence-corrected chi connectivity index (χ4v) is 2.74. The van der Waals surface area contributed by atoms with Crippen LogP contribution < -0.4 is 0 Å². The summed E-state index contributed by atoms with van der Waals surface area (Å²) < 4.78 is 52.4. The Balaban J connectivity index is 1.83. The van der Waals surface area contributed by atoms with Crippen LogP contribution in [0.15, 0.2) is 60.8 Å². The SMILES string of the molecule is O=C(Cc1ccc(-c2ccccc2F)nc1)c1ccc(C(F)(F)F)c([N+](=O)[O-])c1. The van der Waals surface area contributed by atoms with Gasteiger partial charge in [0.05, 0.1) is 10.6 Å². The van der Waals surface area contributed by atoms with Crippen molar-refractivity contribution in [3.63, 3.8) is 0 Å². The molecule has 1 heterocycles. The molecule has 0 amide bonds. The molecule has 0 aliphatic carbocycles. The van der Waals surface area contributed by atoms with E-state index in [1.54, 1.807) is 12.1 Å². The Morgan fingerprint density at radius 3 is 2.38 bits per heavy atom. The first kappa shape index (κ1) is 20.1. The molecular weight excluding hydrogens is 392 g/mol. The lowest BCUT2D eigenvalue weighted by Gasteiger charge is -2.09. The molecular formula is C20H12F4N2O3. The molecule has 0 aliphatic heterocycles. The molecule has 0 aliphatic rings. The first-order valence-corrected chi connectivity index (χ1v) is 8.25. The molecule has 148 valence electrons. The predicted molar refractivity (Wildman–Crippen MR) is 95.8 cm³/mol. The van der Waals surface area contributed by atoms with Gasteiger partial charge in [0.2, 0.25) is 0 Å². The Hall–Kier alpha value is -3.62. The third-order valence-electron chi connectivity index (χ3n) is 4.16. The largest absolute Gasteiger partial charge is 0.422 e. The van der Waals surface area contributed by atoms with Crippen LogP contribution >= 0.6 is 0 Å². The van der Waals surface area contributed by atoms with E-state index in [0.29, 0.717) is 23.4 Å². The molecule has 9 heteroatoms. The Bertz CT molecular complexity index is 1080. The van der Waals surface area contributed by atoms with Gasteiger partial charge in [-0.25, -0.2) is 4.39 Å². The van der Waals surface area contributed by atoms with E-state index in [4.69, 9.17) is 0 Å². The number of nitrogens with zero attached hydrogens (tertiary/aromatic N) is 2. The Labute approximate surface area is 161 Å². The van der Waals surface area contributed by atoms with E-state index in [-0.39, 0.29) is 17.5 Å². The number of hydrogen-bond donors (Lipinski definition) is 0. The van der Waals surface area contributed by atoms with E-state index in [2.05, 4.69) is 4.98 Å². The number of carbonyl (C=O) groups excluding carboxylic acids is 1. The summed E-state index contributed by atoms with van der Waals surface area (Å²) in [6.45, 7) is 0. The number of alkyl halides is 3. The van der Waals surface area contributed by atoms with Crippen LogP contribution in [-0.4, -0.2) is 15.7 Å². The van der Waals surface area contributed by atoms with Gasteiger partial charge in [-0.2, -0.15) is 13.2 Å². The Kier molecular flexibility index (Phi) is 5.40. The lowest BCUT2D eigenvalue weighted by Crippen LogP contribution is -2.11. The molecule has 0 fully saturated rings. The molecule has 3 aromatic rings. The number of Topliss-reactive ketones (excluding diaryl/α,β-unsaturated/α-hetero) is 1. The molecule has 3 rings (SSSR count). The van der Waals surface area contributed by atoms with Crippen LogP contribution in [-0.2, 0) is 12.6 Å². The highest BCUT2D eigenvalue weighted by atomic mass is 19.4. The minimum absolute atomic E-state index is 0.220. The van der Waals surface area contributed by atoms with Gasteiger partial charge in [-0.15, -0.1) is 0 Å². The molecule has 2 aromatic carbocycles. The van der Waals surface area contributed by atoms with Crippen LogP contribution in [0.3, 0.4) is 0 Å².